The fraction of sp³-hybridized carbons (Fsp3) is 0.300. The molecule has 0 radical (unpaired) electrons. The van der Waals surface area contributed by atoms with Gasteiger partial charge < -0.3 is 15.2 Å². The largest absolute Gasteiger partial charge is 0.479 e. The zero-order valence-corrected chi connectivity index (χ0v) is 14.3. The molecule has 0 aliphatic carbocycles. The summed E-state index contributed by atoms with van der Waals surface area (Å²) in [5, 5.41) is 12.2. The summed E-state index contributed by atoms with van der Waals surface area (Å²) in [7, 11) is 0. The first-order valence-electron chi connectivity index (χ1n) is 8.33. The molecule has 2 N–H and O–H groups in total. The molecule has 2 aromatic rings. The highest BCUT2D eigenvalue weighted by Gasteiger charge is 2.12. The summed E-state index contributed by atoms with van der Waals surface area (Å²) in [6.07, 6.45) is 0.392. The van der Waals surface area contributed by atoms with Crippen LogP contribution in [0.3, 0.4) is 0 Å². The predicted octanol–water partition coefficient (Wildman–Crippen LogP) is 3.29. The van der Waals surface area contributed by atoms with Gasteiger partial charge in [0.05, 0.1) is 0 Å². The van der Waals surface area contributed by atoms with Crippen LogP contribution < -0.4 is 10.1 Å². The first kappa shape index (κ1) is 18.7. The van der Waals surface area contributed by atoms with E-state index in [0.717, 1.165) is 24.1 Å². The first-order chi connectivity index (χ1) is 12.1. The molecule has 1 unspecified atom stereocenters. The van der Waals surface area contributed by atoms with Crippen LogP contribution in [0.5, 0.6) is 5.75 Å². The number of carbonyl (C=O) groups is 2. The Kier molecular flexibility index (Phi) is 7.16. The topological polar surface area (TPSA) is 75.6 Å². The fourth-order valence-electron chi connectivity index (χ4n) is 2.36. The summed E-state index contributed by atoms with van der Waals surface area (Å²) in [5.74, 6) is -0.305. The van der Waals surface area contributed by atoms with Crippen LogP contribution in [0.1, 0.15) is 35.7 Å². The smallest absolute Gasteiger partial charge is 0.344 e. The van der Waals surface area contributed by atoms with Gasteiger partial charge in [-0.25, -0.2) is 4.79 Å². The SMILES string of the molecule is CC(Oc1cccc(CNCCCC(=O)c2ccccc2)c1)C(=O)O. The van der Waals surface area contributed by atoms with Crippen LogP contribution in [0.2, 0.25) is 0 Å². The molecule has 25 heavy (non-hydrogen) atoms. The summed E-state index contributed by atoms with van der Waals surface area (Å²) in [5.41, 5.74) is 1.75. The average Bonchev–Trinajstić information content (AvgIpc) is 2.62. The Morgan fingerprint density at radius 3 is 2.60 bits per heavy atom. The van der Waals surface area contributed by atoms with Crippen molar-refractivity contribution in [1.29, 1.82) is 0 Å². The Morgan fingerprint density at radius 1 is 1.12 bits per heavy atom. The maximum atomic E-state index is 12.0. The van der Waals surface area contributed by atoms with E-state index in [1.807, 2.05) is 48.5 Å². The van der Waals surface area contributed by atoms with Gasteiger partial charge in [0.15, 0.2) is 11.9 Å². The van der Waals surface area contributed by atoms with Crippen LogP contribution in [-0.4, -0.2) is 29.5 Å². The Morgan fingerprint density at radius 2 is 1.88 bits per heavy atom. The maximum absolute atomic E-state index is 12.0. The summed E-state index contributed by atoms with van der Waals surface area (Å²) in [6, 6.07) is 16.6. The van der Waals surface area contributed by atoms with Crippen molar-refractivity contribution in [2.75, 3.05) is 6.54 Å². The van der Waals surface area contributed by atoms with Crippen LogP contribution in [0.15, 0.2) is 54.6 Å². The van der Waals surface area contributed by atoms with Crippen LogP contribution in [-0.2, 0) is 11.3 Å². The van der Waals surface area contributed by atoms with E-state index in [1.165, 1.54) is 6.92 Å². The Hall–Kier alpha value is -2.66. The number of benzene rings is 2. The second-order valence-electron chi connectivity index (χ2n) is 5.82. The number of carboxylic acid groups (broad SMARTS) is 1. The lowest BCUT2D eigenvalue weighted by Crippen LogP contribution is -2.23. The summed E-state index contributed by atoms with van der Waals surface area (Å²) in [6.45, 7) is 2.87. The van der Waals surface area contributed by atoms with Gasteiger partial charge in [-0.05, 0) is 37.6 Å². The number of nitrogens with one attached hydrogen (secondary N) is 1. The molecule has 2 aromatic carbocycles. The van der Waals surface area contributed by atoms with Gasteiger partial charge >= 0.3 is 5.97 Å². The molecule has 1 atom stereocenters. The highest BCUT2D eigenvalue weighted by Crippen LogP contribution is 2.15. The molecule has 0 amide bonds. The van der Waals surface area contributed by atoms with E-state index in [4.69, 9.17) is 9.84 Å². The number of hydrogen-bond acceptors (Lipinski definition) is 4. The molecule has 0 bridgehead atoms. The number of ketones is 1. The number of Topliss-reactive ketones (excluding diaryl/α,β-unsaturated/α-hetero) is 1. The molecule has 0 saturated heterocycles. The molecule has 0 spiro atoms. The van der Waals surface area contributed by atoms with Crippen molar-refractivity contribution in [3.63, 3.8) is 0 Å². The number of carbonyl (C=O) groups excluding carboxylic acids is 1. The Bertz CT molecular complexity index is 700. The normalized spacial score (nSPS) is 11.7. The van der Waals surface area contributed by atoms with Crippen molar-refractivity contribution >= 4 is 11.8 Å². The second-order valence-corrected chi connectivity index (χ2v) is 5.82. The van der Waals surface area contributed by atoms with E-state index in [-0.39, 0.29) is 5.78 Å². The quantitative estimate of drug-likeness (QED) is 0.512. The fourth-order valence-corrected chi connectivity index (χ4v) is 2.36. The molecule has 0 aliphatic heterocycles. The molecule has 0 aliphatic rings. The maximum Gasteiger partial charge on any atom is 0.344 e. The highest BCUT2D eigenvalue weighted by molar-refractivity contribution is 5.95. The Balaban J connectivity index is 1.71. The lowest BCUT2D eigenvalue weighted by Gasteiger charge is -2.11. The predicted molar refractivity (Wildman–Crippen MR) is 95.9 cm³/mol. The van der Waals surface area contributed by atoms with Crippen molar-refractivity contribution in [3.05, 3.63) is 65.7 Å². The van der Waals surface area contributed by atoms with E-state index in [0.29, 0.717) is 18.7 Å². The van der Waals surface area contributed by atoms with Gasteiger partial charge in [-0.3, -0.25) is 4.79 Å². The lowest BCUT2D eigenvalue weighted by molar-refractivity contribution is -0.144. The van der Waals surface area contributed by atoms with E-state index >= 15 is 0 Å². The highest BCUT2D eigenvalue weighted by atomic mass is 16.5. The van der Waals surface area contributed by atoms with Crippen molar-refractivity contribution in [3.8, 4) is 5.75 Å². The molecule has 0 heterocycles. The molecule has 2 rings (SSSR count). The van der Waals surface area contributed by atoms with Gasteiger partial charge in [0.1, 0.15) is 5.75 Å². The number of hydrogen-bond donors (Lipinski definition) is 2. The van der Waals surface area contributed by atoms with Crippen molar-refractivity contribution in [1.82, 2.24) is 5.32 Å². The summed E-state index contributed by atoms with van der Waals surface area (Å²) in [4.78, 5) is 22.8. The average molecular weight is 341 g/mol. The molecule has 0 saturated carbocycles. The van der Waals surface area contributed by atoms with Gasteiger partial charge in [0, 0.05) is 18.5 Å². The van der Waals surface area contributed by atoms with Gasteiger partial charge in [-0.1, -0.05) is 42.5 Å². The standard InChI is InChI=1S/C20H23NO4/c1-15(20(23)24)25-18-10-5-7-16(13-18)14-21-12-6-11-19(22)17-8-3-2-4-9-17/h2-5,7-10,13,15,21H,6,11-12,14H2,1H3,(H,23,24). The molecule has 0 aromatic heterocycles. The van der Waals surface area contributed by atoms with E-state index in [9.17, 15) is 9.59 Å². The van der Waals surface area contributed by atoms with Crippen molar-refractivity contribution < 1.29 is 19.4 Å². The minimum Gasteiger partial charge on any atom is -0.479 e. The van der Waals surface area contributed by atoms with Crippen LogP contribution in [0.4, 0.5) is 0 Å². The molecular weight excluding hydrogens is 318 g/mol. The molecular formula is C20H23NO4. The molecule has 5 heteroatoms. The van der Waals surface area contributed by atoms with E-state index in [2.05, 4.69) is 5.32 Å². The summed E-state index contributed by atoms with van der Waals surface area (Å²) < 4.78 is 5.35. The van der Waals surface area contributed by atoms with Crippen LogP contribution in [0.25, 0.3) is 0 Å². The molecule has 0 fully saturated rings. The van der Waals surface area contributed by atoms with Gasteiger partial charge in [0.2, 0.25) is 0 Å². The lowest BCUT2D eigenvalue weighted by atomic mass is 10.1. The van der Waals surface area contributed by atoms with Crippen molar-refractivity contribution in [2.24, 2.45) is 0 Å². The third kappa shape index (κ3) is 6.39. The molecule has 132 valence electrons. The minimum atomic E-state index is -0.994. The van der Waals surface area contributed by atoms with E-state index < -0.39 is 12.1 Å². The molecule has 5 nitrogen and oxygen atoms in total. The monoisotopic (exact) mass is 341 g/mol. The zero-order chi connectivity index (χ0) is 18.1. The number of rotatable bonds is 10. The first-order valence-corrected chi connectivity index (χ1v) is 8.33. The van der Waals surface area contributed by atoms with Gasteiger partial charge in [-0.2, -0.15) is 0 Å². The van der Waals surface area contributed by atoms with Crippen molar-refractivity contribution in [2.45, 2.75) is 32.4 Å². The summed E-state index contributed by atoms with van der Waals surface area (Å²) >= 11 is 0. The number of carboxylic acids is 1. The van der Waals surface area contributed by atoms with E-state index in [1.54, 1.807) is 6.07 Å². The number of ether oxygens (including phenoxy) is 1. The third-order valence-electron chi connectivity index (χ3n) is 3.74. The third-order valence-corrected chi connectivity index (χ3v) is 3.74. The number of aliphatic carboxylic acids is 1. The zero-order valence-electron chi connectivity index (χ0n) is 14.3. The van der Waals surface area contributed by atoms with Gasteiger partial charge in [0.25, 0.3) is 0 Å². The minimum absolute atomic E-state index is 0.153. The van der Waals surface area contributed by atoms with Crippen LogP contribution >= 0.6 is 0 Å². The van der Waals surface area contributed by atoms with Crippen LogP contribution in [0, 0.1) is 0 Å². The Labute approximate surface area is 147 Å². The second kappa shape index (κ2) is 9.59. The van der Waals surface area contributed by atoms with Gasteiger partial charge in [-0.15, -0.1) is 0 Å².